The summed E-state index contributed by atoms with van der Waals surface area (Å²) in [5, 5.41) is 0. The lowest BCUT2D eigenvalue weighted by Gasteiger charge is -2.30. The third-order valence-electron chi connectivity index (χ3n) is 3.21. The van der Waals surface area contributed by atoms with Crippen LogP contribution < -0.4 is 5.73 Å². The van der Waals surface area contributed by atoms with E-state index in [1.54, 1.807) is 25.3 Å². The number of nitrogens with two attached hydrogens (primary N) is 1. The first-order valence-electron chi connectivity index (χ1n) is 5.80. The van der Waals surface area contributed by atoms with Crippen molar-refractivity contribution in [3.63, 3.8) is 0 Å². The number of hydrogen-bond acceptors (Lipinski definition) is 5. The van der Waals surface area contributed by atoms with Gasteiger partial charge in [0.15, 0.2) is 11.3 Å². The number of carbonyl (C=O) groups excluding carboxylic acids is 2. The molecule has 0 saturated carbocycles. The van der Waals surface area contributed by atoms with Crippen molar-refractivity contribution in [2.45, 2.75) is 25.8 Å². The predicted molar refractivity (Wildman–Crippen MR) is 67.0 cm³/mol. The van der Waals surface area contributed by atoms with Gasteiger partial charge in [-0.3, -0.25) is 9.78 Å². The zero-order valence-electron chi connectivity index (χ0n) is 10.8. The van der Waals surface area contributed by atoms with Crippen LogP contribution in [0.5, 0.6) is 0 Å². The van der Waals surface area contributed by atoms with Gasteiger partial charge in [0.1, 0.15) is 0 Å². The van der Waals surface area contributed by atoms with Gasteiger partial charge in [-0.1, -0.05) is 20.3 Å². The zero-order chi connectivity index (χ0) is 13.8. The number of ketones is 1. The molecule has 0 amide bonds. The van der Waals surface area contributed by atoms with Crippen molar-refractivity contribution in [3.05, 3.63) is 30.1 Å². The lowest BCUT2D eigenvalue weighted by Crippen LogP contribution is -2.60. The van der Waals surface area contributed by atoms with Crippen molar-refractivity contribution in [3.8, 4) is 0 Å². The number of rotatable bonds is 5. The molecule has 0 aliphatic carbocycles. The van der Waals surface area contributed by atoms with Crippen LogP contribution in [0.3, 0.4) is 0 Å². The maximum atomic E-state index is 12.4. The number of pyridine rings is 1. The minimum atomic E-state index is -1.66. The molecule has 0 spiro atoms. The molecule has 1 rings (SSSR count). The van der Waals surface area contributed by atoms with E-state index < -0.39 is 17.3 Å². The normalized spacial score (nSPS) is 15.6. The summed E-state index contributed by atoms with van der Waals surface area (Å²) in [6.45, 7) is 3.62. The second-order valence-electron chi connectivity index (χ2n) is 4.24. The van der Waals surface area contributed by atoms with Crippen LogP contribution in [0.4, 0.5) is 0 Å². The fourth-order valence-corrected chi connectivity index (χ4v) is 1.74. The monoisotopic (exact) mass is 250 g/mol. The fraction of sp³-hybridized carbons (Fsp3) is 0.462. The summed E-state index contributed by atoms with van der Waals surface area (Å²) in [7, 11) is 1.23. The molecule has 0 saturated heterocycles. The molecule has 1 aromatic heterocycles. The van der Waals surface area contributed by atoms with E-state index in [1.165, 1.54) is 13.3 Å². The summed E-state index contributed by atoms with van der Waals surface area (Å²) in [5.74, 6) is -1.50. The van der Waals surface area contributed by atoms with Crippen LogP contribution in [-0.2, 0) is 9.53 Å². The first kappa shape index (κ1) is 14.3. The molecule has 5 heteroatoms. The van der Waals surface area contributed by atoms with Crippen molar-refractivity contribution < 1.29 is 14.3 Å². The Morgan fingerprint density at radius 2 is 2.22 bits per heavy atom. The minimum absolute atomic E-state index is 0.311. The van der Waals surface area contributed by atoms with Crippen molar-refractivity contribution in [1.29, 1.82) is 0 Å². The molecule has 98 valence electrons. The number of Topliss-reactive ketones (excluding diaryl/α,β-unsaturated/α-hetero) is 1. The maximum absolute atomic E-state index is 12.4. The van der Waals surface area contributed by atoms with E-state index in [2.05, 4.69) is 9.72 Å². The third-order valence-corrected chi connectivity index (χ3v) is 3.21. The second kappa shape index (κ2) is 5.73. The van der Waals surface area contributed by atoms with Crippen molar-refractivity contribution in [2.24, 2.45) is 11.7 Å². The molecule has 0 aromatic carbocycles. The number of ether oxygens (including phenoxy) is 1. The molecule has 0 radical (unpaired) electrons. The lowest BCUT2D eigenvalue weighted by atomic mass is 9.78. The standard InChI is InChI=1S/C13H18N2O3/c1-4-9(2)13(14,12(17)18-3)11(16)10-6-5-7-15-8-10/h5-9H,4,14H2,1-3H3. The van der Waals surface area contributed by atoms with Crippen molar-refractivity contribution >= 4 is 11.8 Å². The van der Waals surface area contributed by atoms with Gasteiger partial charge >= 0.3 is 5.97 Å². The van der Waals surface area contributed by atoms with E-state index in [-0.39, 0.29) is 5.92 Å². The summed E-state index contributed by atoms with van der Waals surface area (Å²) in [5.41, 5.74) is 4.68. The second-order valence-corrected chi connectivity index (χ2v) is 4.24. The zero-order valence-corrected chi connectivity index (χ0v) is 10.8. The molecule has 1 aromatic rings. The van der Waals surface area contributed by atoms with Gasteiger partial charge in [-0.15, -0.1) is 0 Å². The van der Waals surface area contributed by atoms with Gasteiger partial charge in [0, 0.05) is 18.0 Å². The number of nitrogens with zero attached hydrogens (tertiary/aromatic N) is 1. The van der Waals surface area contributed by atoms with Crippen LogP contribution in [0, 0.1) is 5.92 Å². The van der Waals surface area contributed by atoms with Crippen LogP contribution in [0.25, 0.3) is 0 Å². The maximum Gasteiger partial charge on any atom is 0.334 e. The van der Waals surface area contributed by atoms with Crippen LogP contribution >= 0.6 is 0 Å². The molecular formula is C13H18N2O3. The Bertz CT molecular complexity index is 433. The molecule has 5 nitrogen and oxygen atoms in total. The SMILES string of the molecule is CCC(C)C(N)(C(=O)OC)C(=O)c1cccnc1. The van der Waals surface area contributed by atoms with E-state index in [0.717, 1.165) is 0 Å². The quantitative estimate of drug-likeness (QED) is 0.482. The van der Waals surface area contributed by atoms with Crippen LogP contribution in [0.1, 0.15) is 30.6 Å². The number of aromatic nitrogens is 1. The average Bonchev–Trinajstić information content (AvgIpc) is 2.44. The Balaban J connectivity index is 3.20. The van der Waals surface area contributed by atoms with Crippen molar-refractivity contribution in [2.75, 3.05) is 7.11 Å². The Morgan fingerprint density at radius 1 is 1.56 bits per heavy atom. The summed E-state index contributed by atoms with van der Waals surface area (Å²) in [6, 6.07) is 3.21. The largest absolute Gasteiger partial charge is 0.467 e. The topological polar surface area (TPSA) is 82.3 Å². The molecule has 2 unspecified atom stereocenters. The summed E-state index contributed by atoms with van der Waals surface area (Å²) >= 11 is 0. The smallest absolute Gasteiger partial charge is 0.334 e. The number of methoxy groups -OCH3 is 1. The van der Waals surface area contributed by atoms with Gasteiger partial charge in [0.25, 0.3) is 0 Å². The highest BCUT2D eigenvalue weighted by Gasteiger charge is 2.47. The van der Waals surface area contributed by atoms with Gasteiger partial charge in [-0.2, -0.15) is 0 Å². The predicted octanol–water partition coefficient (Wildman–Crippen LogP) is 1.18. The number of esters is 1. The van der Waals surface area contributed by atoms with E-state index in [9.17, 15) is 9.59 Å². The van der Waals surface area contributed by atoms with Gasteiger partial charge in [0.2, 0.25) is 0 Å². The highest BCUT2D eigenvalue weighted by atomic mass is 16.5. The third kappa shape index (κ3) is 2.41. The average molecular weight is 250 g/mol. The summed E-state index contributed by atoms with van der Waals surface area (Å²) < 4.78 is 4.68. The highest BCUT2D eigenvalue weighted by Crippen LogP contribution is 2.24. The highest BCUT2D eigenvalue weighted by molar-refractivity contribution is 6.16. The molecule has 0 fully saturated rings. The molecular weight excluding hydrogens is 232 g/mol. The van der Waals surface area contributed by atoms with Crippen LogP contribution in [-0.4, -0.2) is 29.4 Å². The Kier molecular flexibility index (Phi) is 4.55. The van der Waals surface area contributed by atoms with E-state index >= 15 is 0 Å². The first-order valence-corrected chi connectivity index (χ1v) is 5.80. The van der Waals surface area contributed by atoms with Crippen LogP contribution in [0.2, 0.25) is 0 Å². The van der Waals surface area contributed by atoms with E-state index in [4.69, 9.17) is 5.73 Å². The molecule has 0 aliphatic heterocycles. The Morgan fingerprint density at radius 3 is 2.67 bits per heavy atom. The van der Waals surface area contributed by atoms with Gasteiger partial charge in [-0.05, 0) is 18.1 Å². The molecule has 18 heavy (non-hydrogen) atoms. The van der Waals surface area contributed by atoms with Gasteiger partial charge in [0.05, 0.1) is 7.11 Å². The fourth-order valence-electron chi connectivity index (χ4n) is 1.74. The summed E-state index contributed by atoms with van der Waals surface area (Å²) in [4.78, 5) is 28.1. The molecule has 2 atom stereocenters. The van der Waals surface area contributed by atoms with Gasteiger partial charge in [-0.25, -0.2) is 4.79 Å². The van der Waals surface area contributed by atoms with E-state index in [1.807, 2.05) is 6.92 Å². The Labute approximate surface area is 106 Å². The minimum Gasteiger partial charge on any atom is -0.467 e. The molecule has 2 N–H and O–H groups in total. The number of carbonyl (C=O) groups is 2. The summed E-state index contributed by atoms with van der Waals surface area (Å²) in [6.07, 6.45) is 3.54. The van der Waals surface area contributed by atoms with Crippen molar-refractivity contribution in [1.82, 2.24) is 4.98 Å². The lowest BCUT2D eigenvalue weighted by molar-refractivity contribution is -0.146. The van der Waals surface area contributed by atoms with E-state index in [0.29, 0.717) is 12.0 Å². The van der Waals surface area contributed by atoms with Crippen LogP contribution in [0.15, 0.2) is 24.5 Å². The first-order chi connectivity index (χ1) is 8.48. The molecule has 0 aliphatic rings. The Hall–Kier alpha value is -1.75. The van der Waals surface area contributed by atoms with Gasteiger partial charge < -0.3 is 10.5 Å². The molecule has 0 bridgehead atoms. The number of hydrogen-bond donors (Lipinski definition) is 1. The molecule has 1 heterocycles.